The number of methoxy groups -OCH3 is 1. The summed E-state index contributed by atoms with van der Waals surface area (Å²) in [5.41, 5.74) is 3.14. The molecule has 4 N–H and O–H groups in total. The molecule has 1 aliphatic carbocycles. The molecule has 0 spiro atoms. The third-order valence-electron chi connectivity index (χ3n) is 5.95. The number of ether oxygens (including phenoxy) is 1. The standard InChI is InChI=1S/C24H29N3O3/c1-30-22-7-3-2-5-18(22)15-27-21-11-10-20(23(28)24(21)29)26-14-16-8-9-19-17(13-16)6-4-12-25-19/h2-9,12-13,20-21,23-24,26-29H,10-11,14-15H2,1H3/t20-,21-,23-,24+/m0/s1. The van der Waals surface area contributed by atoms with Gasteiger partial charge >= 0.3 is 0 Å². The van der Waals surface area contributed by atoms with Crippen molar-refractivity contribution in [3.8, 4) is 5.75 Å². The summed E-state index contributed by atoms with van der Waals surface area (Å²) in [5, 5.41) is 29.2. The lowest BCUT2D eigenvalue weighted by Crippen LogP contribution is -2.58. The summed E-state index contributed by atoms with van der Waals surface area (Å²) >= 11 is 0. The van der Waals surface area contributed by atoms with Crippen LogP contribution in [0.2, 0.25) is 0 Å². The molecule has 6 nitrogen and oxygen atoms in total. The van der Waals surface area contributed by atoms with Crippen LogP contribution in [-0.4, -0.2) is 46.6 Å². The molecule has 3 aromatic rings. The number of hydrogen-bond acceptors (Lipinski definition) is 6. The van der Waals surface area contributed by atoms with E-state index < -0.39 is 12.2 Å². The van der Waals surface area contributed by atoms with Gasteiger partial charge in [-0.2, -0.15) is 0 Å². The predicted molar refractivity (Wildman–Crippen MR) is 117 cm³/mol. The lowest BCUT2D eigenvalue weighted by atomic mass is 9.85. The molecule has 1 heterocycles. The monoisotopic (exact) mass is 407 g/mol. The normalized spacial score (nSPS) is 24.1. The molecule has 0 saturated heterocycles. The lowest BCUT2D eigenvalue weighted by molar-refractivity contribution is -0.0488. The van der Waals surface area contributed by atoms with Crippen LogP contribution < -0.4 is 15.4 Å². The highest BCUT2D eigenvalue weighted by molar-refractivity contribution is 5.78. The molecule has 4 rings (SSSR count). The number of rotatable bonds is 7. The third-order valence-corrected chi connectivity index (χ3v) is 5.95. The van der Waals surface area contributed by atoms with Gasteiger partial charge in [0, 0.05) is 42.3 Å². The Labute approximate surface area is 176 Å². The number of fused-ring (bicyclic) bond motifs is 1. The SMILES string of the molecule is COc1ccccc1CN[C@H]1CC[C@H](NCc2ccc3ncccc3c2)[C@H](O)[C@@H]1O. The van der Waals surface area contributed by atoms with Crippen LogP contribution in [0.15, 0.2) is 60.8 Å². The second-order valence-corrected chi connectivity index (χ2v) is 7.88. The summed E-state index contributed by atoms with van der Waals surface area (Å²) in [7, 11) is 1.65. The Balaban J connectivity index is 1.32. The molecule has 0 unspecified atom stereocenters. The number of pyridine rings is 1. The van der Waals surface area contributed by atoms with Gasteiger partial charge in [0.25, 0.3) is 0 Å². The molecule has 1 saturated carbocycles. The number of nitrogens with zero attached hydrogens (tertiary/aromatic N) is 1. The minimum atomic E-state index is -0.827. The smallest absolute Gasteiger partial charge is 0.123 e. The molecule has 1 aliphatic rings. The molecule has 1 aromatic heterocycles. The molecule has 0 bridgehead atoms. The van der Waals surface area contributed by atoms with E-state index >= 15 is 0 Å². The van der Waals surface area contributed by atoms with E-state index in [1.54, 1.807) is 13.3 Å². The largest absolute Gasteiger partial charge is 0.496 e. The van der Waals surface area contributed by atoms with Crippen LogP contribution in [0, 0.1) is 0 Å². The number of hydrogen-bond donors (Lipinski definition) is 4. The maximum Gasteiger partial charge on any atom is 0.123 e. The fraction of sp³-hybridized carbons (Fsp3) is 0.375. The van der Waals surface area contributed by atoms with Gasteiger partial charge < -0.3 is 25.6 Å². The topological polar surface area (TPSA) is 86.6 Å². The van der Waals surface area contributed by atoms with Crippen molar-refractivity contribution in [2.24, 2.45) is 0 Å². The van der Waals surface area contributed by atoms with Gasteiger partial charge in [0.1, 0.15) is 5.75 Å². The fourth-order valence-electron chi connectivity index (χ4n) is 4.20. The molecule has 0 amide bonds. The van der Waals surface area contributed by atoms with Crippen LogP contribution >= 0.6 is 0 Å². The summed E-state index contributed by atoms with van der Waals surface area (Å²) < 4.78 is 5.39. The molecular formula is C24H29N3O3. The van der Waals surface area contributed by atoms with E-state index in [2.05, 4.69) is 21.7 Å². The fourth-order valence-corrected chi connectivity index (χ4v) is 4.20. The van der Waals surface area contributed by atoms with E-state index in [9.17, 15) is 10.2 Å². The average Bonchev–Trinajstić information content (AvgIpc) is 2.79. The number of para-hydroxylation sites is 1. The first-order valence-corrected chi connectivity index (χ1v) is 10.4. The van der Waals surface area contributed by atoms with Crippen LogP contribution in [0.5, 0.6) is 5.75 Å². The van der Waals surface area contributed by atoms with Gasteiger partial charge in [-0.05, 0) is 42.7 Å². The average molecular weight is 408 g/mol. The van der Waals surface area contributed by atoms with Crippen LogP contribution in [0.3, 0.4) is 0 Å². The van der Waals surface area contributed by atoms with Crippen LogP contribution in [0.1, 0.15) is 24.0 Å². The van der Waals surface area contributed by atoms with E-state index in [0.29, 0.717) is 13.1 Å². The summed E-state index contributed by atoms with van der Waals surface area (Å²) in [4.78, 5) is 4.34. The number of benzene rings is 2. The third kappa shape index (κ3) is 4.63. The molecule has 6 heteroatoms. The lowest BCUT2D eigenvalue weighted by Gasteiger charge is -2.38. The van der Waals surface area contributed by atoms with Crippen molar-refractivity contribution in [2.45, 2.75) is 50.2 Å². The minimum Gasteiger partial charge on any atom is -0.496 e. The van der Waals surface area contributed by atoms with Crippen molar-refractivity contribution in [1.82, 2.24) is 15.6 Å². The number of nitrogens with one attached hydrogen (secondary N) is 2. The minimum absolute atomic E-state index is 0.145. The first-order valence-electron chi connectivity index (χ1n) is 10.4. The Morgan fingerprint density at radius 3 is 2.43 bits per heavy atom. The van der Waals surface area contributed by atoms with Crippen LogP contribution in [0.25, 0.3) is 10.9 Å². The van der Waals surface area contributed by atoms with Crippen molar-refractivity contribution >= 4 is 10.9 Å². The van der Waals surface area contributed by atoms with Crippen LogP contribution in [0.4, 0.5) is 0 Å². The summed E-state index contributed by atoms with van der Waals surface area (Å²) in [6.45, 7) is 1.22. The van der Waals surface area contributed by atoms with E-state index in [0.717, 1.165) is 40.6 Å². The first kappa shape index (κ1) is 20.8. The molecule has 30 heavy (non-hydrogen) atoms. The second kappa shape index (κ2) is 9.53. The molecular weight excluding hydrogens is 378 g/mol. The zero-order valence-corrected chi connectivity index (χ0v) is 17.2. The number of aliphatic hydroxyl groups is 2. The van der Waals surface area contributed by atoms with E-state index in [-0.39, 0.29) is 12.1 Å². The molecule has 0 aliphatic heterocycles. The van der Waals surface area contributed by atoms with E-state index in [4.69, 9.17) is 4.74 Å². The molecule has 1 fully saturated rings. The maximum absolute atomic E-state index is 10.7. The van der Waals surface area contributed by atoms with Gasteiger partial charge in [-0.25, -0.2) is 0 Å². The van der Waals surface area contributed by atoms with Gasteiger partial charge in [-0.1, -0.05) is 30.3 Å². The zero-order chi connectivity index (χ0) is 20.9. The van der Waals surface area contributed by atoms with Crippen molar-refractivity contribution < 1.29 is 14.9 Å². The number of aliphatic hydroxyl groups excluding tert-OH is 2. The van der Waals surface area contributed by atoms with E-state index in [1.807, 2.05) is 48.5 Å². The van der Waals surface area contributed by atoms with Crippen molar-refractivity contribution in [2.75, 3.05) is 7.11 Å². The van der Waals surface area contributed by atoms with Crippen molar-refractivity contribution in [1.29, 1.82) is 0 Å². The quantitative estimate of drug-likeness (QED) is 0.481. The van der Waals surface area contributed by atoms with Crippen LogP contribution in [-0.2, 0) is 13.1 Å². The second-order valence-electron chi connectivity index (χ2n) is 7.88. The van der Waals surface area contributed by atoms with Gasteiger partial charge in [-0.3, -0.25) is 4.98 Å². The highest BCUT2D eigenvalue weighted by atomic mass is 16.5. The Hall–Kier alpha value is -2.51. The summed E-state index contributed by atoms with van der Waals surface area (Å²) in [6.07, 6.45) is 1.71. The highest BCUT2D eigenvalue weighted by Crippen LogP contribution is 2.23. The number of aromatic nitrogens is 1. The Bertz CT molecular complexity index is 981. The van der Waals surface area contributed by atoms with Gasteiger partial charge in [-0.15, -0.1) is 0 Å². The molecule has 2 aromatic carbocycles. The summed E-state index contributed by atoms with van der Waals surface area (Å²) in [6, 6.07) is 17.7. The molecule has 0 radical (unpaired) electrons. The maximum atomic E-state index is 10.7. The van der Waals surface area contributed by atoms with Gasteiger partial charge in [0.2, 0.25) is 0 Å². The predicted octanol–water partition coefficient (Wildman–Crippen LogP) is 2.38. The first-order chi connectivity index (χ1) is 14.7. The summed E-state index contributed by atoms with van der Waals surface area (Å²) in [5.74, 6) is 0.820. The van der Waals surface area contributed by atoms with Crippen molar-refractivity contribution in [3.05, 3.63) is 71.9 Å². The Morgan fingerprint density at radius 2 is 1.67 bits per heavy atom. The zero-order valence-electron chi connectivity index (χ0n) is 17.2. The Morgan fingerprint density at radius 1 is 0.933 bits per heavy atom. The highest BCUT2D eigenvalue weighted by Gasteiger charge is 2.36. The Kier molecular flexibility index (Phi) is 6.59. The molecule has 4 atom stereocenters. The van der Waals surface area contributed by atoms with Gasteiger partial charge in [0.15, 0.2) is 0 Å². The van der Waals surface area contributed by atoms with Crippen molar-refractivity contribution in [3.63, 3.8) is 0 Å². The van der Waals surface area contributed by atoms with Gasteiger partial charge in [0.05, 0.1) is 24.8 Å². The molecule has 158 valence electrons. The van der Waals surface area contributed by atoms with E-state index in [1.165, 1.54) is 0 Å².